The van der Waals surface area contributed by atoms with Gasteiger partial charge in [-0.3, -0.25) is 0 Å². The van der Waals surface area contributed by atoms with E-state index in [0.29, 0.717) is 0 Å². The van der Waals surface area contributed by atoms with Crippen molar-refractivity contribution in [1.82, 2.24) is 4.57 Å². The zero-order valence-electron chi connectivity index (χ0n) is 25.1. The highest BCUT2D eigenvalue weighted by Gasteiger charge is 2.14. The Morgan fingerprint density at radius 3 is 1.67 bits per heavy atom. The molecule has 0 aliphatic heterocycles. The smallest absolute Gasteiger partial charge is 0.135 e. The third kappa shape index (κ3) is 4.51. The highest BCUT2D eigenvalue weighted by atomic mass is 16.3. The molecule has 7 aromatic carbocycles. The first-order chi connectivity index (χ1) is 22.8. The van der Waals surface area contributed by atoms with Crippen molar-refractivity contribution in [3.63, 3.8) is 0 Å². The van der Waals surface area contributed by atoms with Crippen molar-refractivity contribution in [3.8, 4) is 50.4 Å². The number of benzene rings is 7. The monoisotopic (exact) mass is 587 g/mol. The maximum absolute atomic E-state index is 6.31. The molecule has 0 saturated heterocycles. The van der Waals surface area contributed by atoms with E-state index >= 15 is 0 Å². The Hall–Kier alpha value is -6.12. The molecule has 2 heteroatoms. The van der Waals surface area contributed by atoms with Gasteiger partial charge in [-0.25, -0.2) is 0 Å². The largest absolute Gasteiger partial charge is 0.456 e. The molecular weight excluding hydrogens is 558 g/mol. The van der Waals surface area contributed by atoms with Crippen LogP contribution in [0, 0.1) is 0 Å². The molecular formula is C44H29NO. The number of rotatable bonds is 5. The summed E-state index contributed by atoms with van der Waals surface area (Å²) in [6.45, 7) is 0. The molecule has 0 saturated carbocycles. The summed E-state index contributed by atoms with van der Waals surface area (Å²) in [5.41, 5.74) is 12.6. The Balaban J connectivity index is 1.13. The number of furan rings is 1. The molecule has 2 heterocycles. The normalized spacial score (nSPS) is 11.5. The van der Waals surface area contributed by atoms with Gasteiger partial charge in [-0.05, 0) is 94.0 Å². The van der Waals surface area contributed by atoms with Gasteiger partial charge >= 0.3 is 0 Å². The van der Waals surface area contributed by atoms with Crippen LogP contribution in [0.5, 0.6) is 0 Å². The number of hydrogen-bond acceptors (Lipinski definition) is 1. The van der Waals surface area contributed by atoms with Crippen LogP contribution in [-0.4, -0.2) is 4.57 Å². The van der Waals surface area contributed by atoms with Crippen LogP contribution in [0.4, 0.5) is 0 Å². The second-order valence-electron chi connectivity index (χ2n) is 11.8. The lowest BCUT2D eigenvalue weighted by Gasteiger charge is -2.11. The van der Waals surface area contributed by atoms with Gasteiger partial charge in [0, 0.05) is 27.4 Å². The summed E-state index contributed by atoms with van der Waals surface area (Å²) in [4.78, 5) is 0. The van der Waals surface area contributed by atoms with Crippen LogP contribution in [0.1, 0.15) is 0 Å². The summed E-state index contributed by atoms with van der Waals surface area (Å²) in [6.07, 6.45) is 0. The number of nitrogens with zero attached hydrogens (tertiary/aromatic N) is 1. The Morgan fingerprint density at radius 1 is 0.348 bits per heavy atom. The van der Waals surface area contributed by atoms with Crippen LogP contribution in [0.15, 0.2) is 180 Å². The topological polar surface area (TPSA) is 18.1 Å². The van der Waals surface area contributed by atoms with Crippen LogP contribution in [-0.2, 0) is 0 Å². The predicted octanol–water partition coefficient (Wildman–Crippen LogP) is 12.2. The van der Waals surface area contributed by atoms with Crippen molar-refractivity contribution < 1.29 is 4.42 Å². The minimum Gasteiger partial charge on any atom is -0.456 e. The highest BCUT2D eigenvalue weighted by Crippen LogP contribution is 2.38. The maximum Gasteiger partial charge on any atom is 0.135 e. The molecule has 9 rings (SSSR count). The maximum atomic E-state index is 6.31. The van der Waals surface area contributed by atoms with E-state index in [2.05, 4.69) is 162 Å². The van der Waals surface area contributed by atoms with E-state index < -0.39 is 0 Å². The fourth-order valence-electron chi connectivity index (χ4n) is 6.72. The average Bonchev–Trinajstić information content (AvgIpc) is 3.72. The van der Waals surface area contributed by atoms with Gasteiger partial charge in [0.15, 0.2) is 0 Å². The number of hydrogen-bond donors (Lipinski definition) is 0. The Kier molecular flexibility index (Phi) is 6.17. The first kappa shape index (κ1) is 26.3. The molecule has 9 aromatic rings. The lowest BCUT2D eigenvalue weighted by Crippen LogP contribution is -1.92. The predicted molar refractivity (Wildman–Crippen MR) is 192 cm³/mol. The quantitative estimate of drug-likeness (QED) is 0.196. The van der Waals surface area contributed by atoms with Crippen LogP contribution in [0.2, 0.25) is 0 Å². The second kappa shape index (κ2) is 10.8. The molecule has 216 valence electrons. The van der Waals surface area contributed by atoms with Crippen molar-refractivity contribution in [2.45, 2.75) is 0 Å². The average molecular weight is 588 g/mol. The van der Waals surface area contributed by atoms with Crippen molar-refractivity contribution in [1.29, 1.82) is 0 Å². The molecule has 0 fully saturated rings. The van der Waals surface area contributed by atoms with Gasteiger partial charge in [0.2, 0.25) is 0 Å². The van der Waals surface area contributed by atoms with Gasteiger partial charge in [0.1, 0.15) is 11.3 Å². The van der Waals surface area contributed by atoms with E-state index in [1.165, 1.54) is 49.7 Å². The molecule has 0 unspecified atom stereocenters. The van der Waals surface area contributed by atoms with Crippen LogP contribution >= 0.6 is 0 Å². The standard InChI is InChI=1S/C44H29NO/c1-3-11-30(12-4-1)35-25-36(27-37(26-35)44-29-34-13-7-10-18-43(34)46-44)32-21-19-31(20-22-32)33-23-24-42-40(28-33)39-16-8-9-17-41(39)45(42)38-14-5-2-6-15-38/h1-29H. The molecule has 46 heavy (non-hydrogen) atoms. The molecule has 0 aliphatic carbocycles. The number of para-hydroxylation sites is 3. The molecule has 0 bridgehead atoms. The van der Waals surface area contributed by atoms with E-state index in [9.17, 15) is 0 Å². The lowest BCUT2D eigenvalue weighted by atomic mass is 9.94. The van der Waals surface area contributed by atoms with Crippen molar-refractivity contribution >= 4 is 32.8 Å². The zero-order chi connectivity index (χ0) is 30.5. The molecule has 2 aromatic heterocycles. The van der Waals surface area contributed by atoms with E-state index in [0.717, 1.165) is 33.4 Å². The van der Waals surface area contributed by atoms with Crippen molar-refractivity contribution in [2.75, 3.05) is 0 Å². The molecule has 0 radical (unpaired) electrons. The zero-order valence-corrected chi connectivity index (χ0v) is 25.1. The van der Waals surface area contributed by atoms with Gasteiger partial charge in [-0.1, -0.05) is 115 Å². The van der Waals surface area contributed by atoms with Crippen molar-refractivity contribution in [3.05, 3.63) is 176 Å². The summed E-state index contributed by atoms with van der Waals surface area (Å²) in [6, 6.07) is 62.7. The third-order valence-electron chi connectivity index (χ3n) is 8.99. The molecule has 0 amide bonds. The summed E-state index contributed by atoms with van der Waals surface area (Å²) in [5.74, 6) is 0.875. The summed E-state index contributed by atoms with van der Waals surface area (Å²) >= 11 is 0. The highest BCUT2D eigenvalue weighted by molar-refractivity contribution is 6.10. The molecule has 0 atom stereocenters. The van der Waals surface area contributed by atoms with Gasteiger partial charge in [0.25, 0.3) is 0 Å². The lowest BCUT2D eigenvalue weighted by molar-refractivity contribution is 0.631. The van der Waals surface area contributed by atoms with E-state index in [4.69, 9.17) is 4.42 Å². The summed E-state index contributed by atoms with van der Waals surface area (Å²) in [5, 5.41) is 3.63. The molecule has 0 spiro atoms. The summed E-state index contributed by atoms with van der Waals surface area (Å²) in [7, 11) is 0. The summed E-state index contributed by atoms with van der Waals surface area (Å²) < 4.78 is 8.66. The van der Waals surface area contributed by atoms with Gasteiger partial charge < -0.3 is 8.98 Å². The fraction of sp³-hybridized carbons (Fsp3) is 0. The first-order valence-electron chi connectivity index (χ1n) is 15.7. The van der Waals surface area contributed by atoms with Gasteiger partial charge in [-0.15, -0.1) is 0 Å². The first-order valence-corrected chi connectivity index (χ1v) is 15.7. The fourth-order valence-corrected chi connectivity index (χ4v) is 6.72. The van der Waals surface area contributed by atoms with Crippen LogP contribution in [0.3, 0.4) is 0 Å². The Labute approximate surface area is 267 Å². The van der Waals surface area contributed by atoms with Crippen LogP contribution < -0.4 is 0 Å². The SMILES string of the molecule is c1ccc(-c2cc(-c3ccc(-c4ccc5c(c4)c4ccccc4n5-c4ccccc4)cc3)cc(-c3cc4ccccc4o3)c2)cc1. The van der Waals surface area contributed by atoms with E-state index in [-0.39, 0.29) is 0 Å². The second-order valence-corrected chi connectivity index (χ2v) is 11.8. The van der Waals surface area contributed by atoms with E-state index in [1.54, 1.807) is 0 Å². The Bertz CT molecular complexity index is 2470. The van der Waals surface area contributed by atoms with E-state index in [1.807, 2.05) is 18.2 Å². The van der Waals surface area contributed by atoms with Gasteiger partial charge in [-0.2, -0.15) is 0 Å². The minimum absolute atomic E-state index is 0.875. The molecule has 2 nitrogen and oxygen atoms in total. The Morgan fingerprint density at radius 2 is 0.913 bits per heavy atom. The third-order valence-corrected chi connectivity index (χ3v) is 8.99. The minimum atomic E-state index is 0.875. The molecule has 0 N–H and O–H groups in total. The number of fused-ring (bicyclic) bond motifs is 4. The van der Waals surface area contributed by atoms with Gasteiger partial charge in [0.05, 0.1) is 11.0 Å². The van der Waals surface area contributed by atoms with Crippen LogP contribution in [0.25, 0.3) is 83.2 Å². The van der Waals surface area contributed by atoms with Crippen molar-refractivity contribution in [2.24, 2.45) is 0 Å². The molecule has 0 aliphatic rings. The number of aromatic nitrogens is 1.